The molecule has 2 amide bonds. The molecule has 20 heavy (non-hydrogen) atoms. The third kappa shape index (κ3) is 3.57. The van der Waals surface area contributed by atoms with Gasteiger partial charge < -0.3 is 15.3 Å². The Balaban J connectivity index is 2.08. The second-order valence-electron chi connectivity index (χ2n) is 4.73. The van der Waals surface area contributed by atoms with Crippen molar-refractivity contribution in [1.29, 1.82) is 0 Å². The average molecular weight is 276 g/mol. The Bertz CT molecular complexity index is 515. The number of rotatable bonds is 5. The summed E-state index contributed by atoms with van der Waals surface area (Å²) in [5.41, 5.74) is 0.853. The van der Waals surface area contributed by atoms with E-state index in [1.165, 1.54) is 4.90 Å². The number of hydrogen-bond acceptors (Lipinski definition) is 3. The van der Waals surface area contributed by atoms with Crippen LogP contribution < -0.4 is 5.32 Å². The Hall–Kier alpha value is -2.37. The van der Waals surface area contributed by atoms with Gasteiger partial charge in [0.2, 0.25) is 11.8 Å². The summed E-state index contributed by atoms with van der Waals surface area (Å²) in [5, 5.41) is 11.5. The molecule has 0 saturated carbocycles. The van der Waals surface area contributed by atoms with Crippen LogP contribution in [0, 0.1) is 0 Å². The van der Waals surface area contributed by atoms with Crippen molar-refractivity contribution >= 4 is 17.8 Å². The molecule has 1 aromatic rings. The van der Waals surface area contributed by atoms with Gasteiger partial charge in [-0.15, -0.1) is 0 Å². The lowest BCUT2D eigenvalue weighted by Gasteiger charge is -2.24. The summed E-state index contributed by atoms with van der Waals surface area (Å²) in [5.74, 6) is -1.58. The van der Waals surface area contributed by atoms with E-state index in [2.05, 4.69) is 5.32 Å². The van der Waals surface area contributed by atoms with E-state index in [0.717, 1.165) is 5.56 Å². The lowest BCUT2D eigenvalue weighted by molar-refractivity contribution is -0.145. The number of amides is 2. The van der Waals surface area contributed by atoms with Crippen LogP contribution >= 0.6 is 0 Å². The molecule has 1 aliphatic heterocycles. The van der Waals surface area contributed by atoms with Crippen LogP contribution in [0.5, 0.6) is 0 Å². The minimum atomic E-state index is -1.07. The summed E-state index contributed by atoms with van der Waals surface area (Å²) in [4.78, 5) is 35.6. The summed E-state index contributed by atoms with van der Waals surface area (Å²) >= 11 is 0. The Morgan fingerprint density at radius 2 is 2.00 bits per heavy atom. The first-order valence-electron chi connectivity index (χ1n) is 6.40. The highest BCUT2D eigenvalue weighted by Gasteiger charge is 2.31. The van der Waals surface area contributed by atoms with Crippen LogP contribution in [0.1, 0.15) is 18.4 Å². The number of carbonyl (C=O) groups is 3. The summed E-state index contributed by atoms with van der Waals surface area (Å²) in [6.07, 6.45) is 0.727. The molecule has 106 valence electrons. The van der Waals surface area contributed by atoms with Gasteiger partial charge in [-0.2, -0.15) is 0 Å². The summed E-state index contributed by atoms with van der Waals surface area (Å²) < 4.78 is 0. The normalized spacial score (nSPS) is 17.6. The van der Waals surface area contributed by atoms with Crippen molar-refractivity contribution in [2.45, 2.75) is 25.4 Å². The molecule has 0 bridgehead atoms. The zero-order chi connectivity index (χ0) is 14.5. The van der Waals surface area contributed by atoms with Crippen LogP contribution in [0.3, 0.4) is 0 Å². The maximum Gasteiger partial charge on any atom is 0.323 e. The van der Waals surface area contributed by atoms with Gasteiger partial charge in [-0.25, -0.2) is 0 Å². The molecule has 0 aromatic heterocycles. The first-order chi connectivity index (χ1) is 9.56. The van der Waals surface area contributed by atoms with Crippen molar-refractivity contribution in [2.24, 2.45) is 0 Å². The number of carbonyl (C=O) groups excluding carboxylic acids is 2. The number of nitrogens with one attached hydrogen (secondary N) is 1. The third-order valence-corrected chi connectivity index (χ3v) is 3.15. The van der Waals surface area contributed by atoms with Gasteiger partial charge in [0.25, 0.3) is 0 Å². The molecule has 1 saturated heterocycles. The smallest absolute Gasteiger partial charge is 0.323 e. The van der Waals surface area contributed by atoms with E-state index in [0.29, 0.717) is 12.8 Å². The highest BCUT2D eigenvalue weighted by molar-refractivity contribution is 5.92. The van der Waals surface area contributed by atoms with Crippen molar-refractivity contribution in [3.8, 4) is 0 Å². The maximum absolute atomic E-state index is 12.3. The van der Waals surface area contributed by atoms with Crippen LogP contribution in [0.2, 0.25) is 0 Å². The van der Waals surface area contributed by atoms with E-state index in [9.17, 15) is 14.4 Å². The van der Waals surface area contributed by atoms with Crippen molar-refractivity contribution in [3.05, 3.63) is 35.9 Å². The molecule has 6 heteroatoms. The fraction of sp³-hybridized carbons (Fsp3) is 0.357. The number of aliphatic carboxylic acids is 1. The fourth-order valence-electron chi connectivity index (χ4n) is 2.20. The van der Waals surface area contributed by atoms with Crippen molar-refractivity contribution < 1.29 is 19.5 Å². The molecule has 1 fully saturated rings. The third-order valence-electron chi connectivity index (χ3n) is 3.15. The van der Waals surface area contributed by atoms with E-state index in [-0.39, 0.29) is 24.9 Å². The van der Waals surface area contributed by atoms with E-state index in [1.54, 1.807) is 0 Å². The van der Waals surface area contributed by atoms with Crippen LogP contribution in [-0.4, -0.2) is 40.4 Å². The van der Waals surface area contributed by atoms with E-state index in [1.807, 2.05) is 30.3 Å². The topological polar surface area (TPSA) is 86.7 Å². The number of benzene rings is 1. The van der Waals surface area contributed by atoms with Gasteiger partial charge in [0, 0.05) is 13.0 Å². The summed E-state index contributed by atoms with van der Waals surface area (Å²) in [7, 11) is 0. The van der Waals surface area contributed by atoms with Crippen LogP contribution in [0.15, 0.2) is 30.3 Å². The average Bonchev–Trinajstić information content (AvgIpc) is 2.84. The van der Waals surface area contributed by atoms with Crippen LogP contribution in [0.4, 0.5) is 0 Å². The monoisotopic (exact) mass is 276 g/mol. The predicted molar refractivity (Wildman–Crippen MR) is 70.7 cm³/mol. The van der Waals surface area contributed by atoms with Gasteiger partial charge in [0.1, 0.15) is 12.6 Å². The Morgan fingerprint density at radius 1 is 1.30 bits per heavy atom. The van der Waals surface area contributed by atoms with Gasteiger partial charge in [0.15, 0.2) is 0 Å². The van der Waals surface area contributed by atoms with Gasteiger partial charge in [-0.1, -0.05) is 30.3 Å². The van der Waals surface area contributed by atoms with Gasteiger partial charge >= 0.3 is 5.97 Å². The Kier molecular flexibility index (Phi) is 4.34. The minimum Gasteiger partial charge on any atom is -0.480 e. The quantitative estimate of drug-likeness (QED) is 0.814. The highest BCUT2D eigenvalue weighted by atomic mass is 16.4. The highest BCUT2D eigenvalue weighted by Crippen LogP contribution is 2.12. The molecule has 2 rings (SSSR count). The molecular formula is C14H16N2O4. The molecule has 1 atom stereocenters. The molecule has 1 heterocycles. The lowest BCUT2D eigenvalue weighted by Crippen LogP contribution is -2.46. The first-order valence-corrected chi connectivity index (χ1v) is 6.40. The van der Waals surface area contributed by atoms with Crippen molar-refractivity contribution in [2.75, 3.05) is 6.54 Å². The molecule has 0 spiro atoms. The minimum absolute atomic E-state index is 0.168. The standard InChI is InChI=1S/C14H16N2O4/c17-12-7-6-11(15-12)14(20)16(9-13(18)19)8-10-4-2-1-3-5-10/h1-5,11H,6-9H2,(H,15,17)(H,18,19)/t11-/m0/s1. The molecule has 2 N–H and O–H groups in total. The zero-order valence-corrected chi connectivity index (χ0v) is 10.9. The number of nitrogens with zero attached hydrogens (tertiary/aromatic N) is 1. The Labute approximate surface area is 116 Å². The van der Waals surface area contributed by atoms with Crippen molar-refractivity contribution in [1.82, 2.24) is 10.2 Å². The zero-order valence-electron chi connectivity index (χ0n) is 10.9. The molecule has 1 aromatic carbocycles. The molecular weight excluding hydrogens is 260 g/mol. The molecule has 0 radical (unpaired) electrons. The van der Waals surface area contributed by atoms with Gasteiger partial charge in [-0.3, -0.25) is 14.4 Å². The summed E-state index contributed by atoms with van der Waals surface area (Å²) in [6.45, 7) is -0.154. The fourth-order valence-corrected chi connectivity index (χ4v) is 2.20. The second kappa shape index (κ2) is 6.18. The Morgan fingerprint density at radius 3 is 2.55 bits per heavy atom. The molecule has 0 unspecified atom stereocenters. The van der Waals surface area contributed by atoms with Gasteiger partial charge in [0.05, 0.1) is 0 Å². The SMILES string of the molecule is O=C(O)CN(Cc1ccccc1)C(=O)[C@@H]1CCC(=O)N1. The van der Waals surface area contributed by atoms with E-state index >= 15 is 0 Å². The number of hydrogen-bond donors (Lipinski definition) is 2. The lowest BCUT2D eigenvalue weighted by atomic mass is 10.1. The van der Waals surface area contributed by atoms with Crippen LogP contribution in [0.25, 0.3) is 0 Å². The second-order valence-corrected chi connectivity index (χ2v) is 4.73. The maximum atomic E-state index is 12.3. The first kappa shape index (κ1) is 14.0. The van der Waals surface area contributed by atoms with E-state index < -0.39 is 12.0 Å². The van der Waals surface area contributed by atoms with E-state index in [4.69, 9.17) is 5.11 Å². The van der Waals surface area contributed by atoms with Crippen molar-refractivity contribution in [3.63, 3.8) is 0 Å². The molecule has 0 aliphatic carbocycles. The number of carboxylic acids is 1. The van der Waals surface area contributed by atoms with Gasteiger partial charge in [-0.05, 0) is 12.0 Å². The predicted octanol–water partition coefficient (Wildman–Crippen LogP) is 0.378. The summed E-state index contributed by atoms with van der Waals surface area (Å²) in [6, 6.07) is 8.56. The molecule has 1 aliphatic rings. The number of carboxylic acid groups (broad SMARTS) is 1. The molecule has 6 nitrogen and oxygen atoms in total. The van der Waals surface area contributed by atoms with Crippen LogP contribution in [-0.2, 0) is 20.9 Å². The largest absolute Gasteiger partial charge is 0.480 e.